The van der Waals surface area contributed by atoms with E-state index in [9.17, 15) is 14.4 Å². The molecule has 164 valence electrons. The second-order valence-corrected chi connectivity index (χ2v) is 8.14. The average molecular weight is 417 g/mol. The van der Waals surface area contributed by atoms with Gasteiger partial charge in [0.1, 0.15) is 18.2 Å². The number of nitrogens with one attached hydrogen (secondary N) is 2. The Hall–Kier alpha value is -3.03. The molecule has 0 spiro atoms. The van der Waals surface area contributed by atoms with E-state index < -0.39 is 17.7 Å². The van der Waals surface area contributed by atoms with Crippen LogP contribution in [0.5, 0.6) is 0 Å². The average Bonchev–Trinajstić information content (AvgIpc) is 3.03. The summed E-state index contributed by atoms with van der Waals surface area (Å²) < 4.78 is 7.07. The SMILES string of the molecule is CCN(CC)C(=O)Cn1ccc2cc(NC(=O)[C@@H](C)NC(=O)OC(C)(C)C)ccc21. The van der Waals surface area contributed by atoms with Crippen molar-refractivity contribution in [3.63, 3.8) is 0 Å². The van der Waals surface area contributed by atoms with Crippen LogP contribution in [-0.4, -0.2) is 52.1 Å². The lowest BCUT2D eigenvalue weighted by atomic mass is 10.2. The molecule has 8 nitrogen and oxygen atoms in total. The van der Waals surface area contributed by atoms with Crippen molar-refractivity contribution < 1.29 is 19.1 Å². The summed E-state index contributed by atoms with van der Waals surface area (Å²) in [5, 5.41) is 6.23. The van der Waals surface area contributed by atoms with Crippen molar-refractivity contribution in [3.8, 4) is 0 Å². The number of hydrogen-bond acceptors (Lipinski definition) is 4. The normalized spacial score (nSPS) is 12.3. The number of carbonyl (C=O) groups is 3. The zero-order valence-corrected chi connectivity index (χ0v) is 18.6. The van der Waals surface area contributed by atoms with Gasteiger partial charge in [0.05, 0.1) is 0 Å². The van der Waals surface area contributed by atoms with Gasteiger partial charge >= 0.3 is 6.09 Å². The van der Waals surface area contributed by atoms with E-state index >= 15 is 0 Å². The third-order valence-corrected chi connectivity index (χ3v) is 4.59. The fourth-order valence-electron chi connectivity index (χ4n) is 3.04. The number of nitrogens with zero attached hydrogens (tertiary/aromatic N) is 2. The van der Waals surface area contributed by atoms with Crippen molar-refractivity contribution in [2.75, 3.05) is 18.4 Å². The van der Waals surface area contributed by atoms with Gasteiger partial charge in [0, 0.05) is 35.9 Å². The Morgan fingerprint density at radius 2 is 1.80 bits per heavy atom. The number of amides is 3. The molecule has 0 aliphatic carbocycles. The highest BCUT2D eigenvalue weighted by Crippen LogP contribution is 2.21. The van der Waals surface area contributed by atoms with Crippen LogP contribution in [0.4, 0.5) is 10.5 Å². The zero-order valence-electron chi connectivity index (χ0n) is 18.6. The summed E-state index contributed by atoms with van der Waals surface area (Å²) in [5.41, 5.74) is 0.886. The molecule has 0 aliphatic rings. The zero-order chi connectivity index (χ0) is 22.5. The number of likely N-dealkylation sites (N-methyl/N-ethyl adjacent to an activating group) is 1. The molecule has 1 atom stereocenters. The summed E-state index contributed by atoms with van der Waals surface area (Å²) in [4.78, 5) is 38.4. The number of ether oxygens (including phenoxy) is 1. The summed E-state index contributed by atoms with van der Waals surface area (Å²) in [6.07, 6.45) is 1.22. The Bertz CT molecular complexity index is 909. The highest BCUT2D eigenvalue weighted by Gasteiger charge is 2.21. The van der Waals surface area contributed by atoms with Crippen LogP contribution in [0.2, 0.25) is 0 Å². The van der Waals surface area contributed by atoms with Gasteiger partial charge in [-0.2, -0.15) is 0 Å². The molecule has 2 aromatic rings. The van der Waals surface area contributed by atoms with Gasteiger partial charge in [0.25, 0.3) is 0 Å². The predicted octanol–water partition coefficient (Wildman–Crippen LogP) is 3.36. The maximum Gasteiger partial charge on any atom is 0.408 e. The molecule has 0 unspecified atom stereocenters. The Labute approximate surface area is 177 Å². The fourth-order valence-corrected chi connectivity index (χ4v) is 3.04. The number of aromatic nitrogens is 1. The van der Waals surface area contributed by atoms with E-state index in [4.69, 9.17) is 4.74 Å². The van der Waals surface area contributed by atoms with Crippen molar-refractivity contribution in [1.82, 2.24) is 14.8 Å². The van der Waals surface area contributed by atoms with Crippen LogP contribution in [-0.2, 0) is 20.9 Å². The fraction of sp³-hybridized carbons (Fsp3) is 0.500. The molecular formula is C22H32N4O4. The van der Waals surface area contributed by atoms with Crippen molar-refractivity contribution in [2.45, 2.75) is 59.7 Å². The molecular weight excluding hydrogens is 384 g/mol. The van der Waals surface area contributed by atoms with Crippen LogP contribution in [0, 0.1) is 0 Å². The number of alkyl carbamates (subject to hydrolysis) is 1. The van der Waals surface area contributed by atoms with Crippen molar-refractivity contribution >= 4 is 34.5 Å². The highest BCUT2D eigenvalue weighted by molar-refractivity contribution is 5.98. The van der Waals surface area contributed by atoms with Gasteiger partial charge in [-0.05, 0) is 65.8 Å². The van der Waals surface area contributed by atoms with Crippen LogP contribution in [0.3, 0.4) is 0 Å². The summed E-state index contributed by atoms with van der Waals surface area (Å²) in [5.74, 6) is -0.284. The first-order valence-electron chi connectivity index (χ1n) is 10.2. The first kappa shape index (κ1) is 23.3. The first-order chi connectivity index (χ1) is 14.0. The number of benzene rings is 1. The number of hydrogen-bond donors (Lipinski definition) is 2. The molecule has 2 N–H and O–H groups in total. The maximum absolute atomic E-state index is 12.4. The molecule has 2 rings (SSSR count). The van der Waals surface area contributed by atoms with Crippen LogP contribution in [0.1, 0.15) is 41.5 Å². The van der Waals surface area contributed by atoms with Crippen LogP contribution in [0.25, 0.3) is 10.9 Å². The molecule has 3 amide bonds. The quantitative estimate of drug-likeness (QED) is 0.724. The Balaban J connectivity index is 2.03. The maximum atomic E-state index is 12.4. The van der Waals surface area contributed by atoms with Gasteiger partial charge in [0.15, 0.2) is 0 Å². The summed E-state index contributed by atoms with van der Waals surface area (Å²) in [6, 6.07) is 6.63. The number of anilines is 1. The largest absolute Gasteiger partial charge is 0.444 e. The minimum absolute atomic E-state index is 0.0666. The smallest absolute Gasteiger partial charge is 0.408 e. The van der Waals surface area contributed by atoms with Gasteiger partial charge < -0.3 is 24.8 Å². The van der Waals surface area contributed by atoms with E-state index in [1.807, 2.05) is 42.8 Å². The number of carbonyl (C=O) groups excluding carboxylic acids is 3. The molecule has 1 aromatic heterocycles. The van der Waals surface area contributed by atoms with E-state index in [1.165, 1.54) is 0 Å². The summed E-state index contributed by atoms with van der Waals surface area (Å²) in [6.45, 7) is 12.4. The highest BCUT2D eigenvalue weighted by atomic mass is 16.6. The van der Waals surface area contributed by atoms with E-state index in [0.29, 0.717) is 18.8 Å². The number of fused-ring (bicyclic) bond motifs is 1. The number of rotatable bonds is 7. The van der Waals surface area contributed by atoms with Gasteiger partial charge in [-0.1, -0.05) is 0 Å². The molecule has 0 saturated heterocycles. The predicted molar refractivity (Wildman–Crippen MR) is 117 cm³/mol. The Kier molecular flexibility index (Phi) is 7.48. The Morgan fingerprint density at radius 3 is 2.40 bits per heavy atom. The van der Waals surface area contributed by atoms with Crippen molar-refractivity contribution in [1.29, 1.82) is 0 Å². The molecule has 0 fully saturated rings. The second-order valence-electron chi connectivity index (χ2n) is 8.14. The topological polar surface area (TPSA) is 92.7 Å². The molecule has 1 heterocycles. The van der Waals surface area contributed by atoms with E-state index in [1.54, 1.807) is 38.7 Å². The van der Waals surface area contributed by atoms with Gasteiger partial charge in [-0.3, -0.25) is 9.59 Å². The third kappa shape index (κ3) is 6.23. The van der Waals surface area contributed by atoms with E-state index in [0.717, 1.165) is 10.9 Å². The molecule has 1 aromatic carbocycles. The molecule has 0 saturated carbocycles. The second kappa shape index (κ2) is 9.65. The molecule has 0 radical (unpaired) electrons. The lowest BCUT2D eigenvalue weighted by Gasteiger charge is -2.21. The van der Waals surface area contributed by atoms with Crippen LogP contribution >= 0.6 is 0 Å². The van der Waals surface area contributed by atoms with Gasteiger partial charge in [-0.25, -0.2) is 4.79 Å². The molecule has 30 heavy (non-hydrogen) atoms. The van der Waals surface area contributed by atoms with Crippen molar-refractivity contribution in [2.24, 2.45) is 0 Å². The summed E-state index contributed by atoms with van der Waals surface area (Å²) >= 11 is 0. The summed E-state index contributed by atoms with van der Waals surface area (Å²) in [7, 11) is 0. The lowest BCUT2D eigenvalue weighted by Crippen LogP contribution is -2.43. The Morgan fingerprint density at radius 1 is 1.13 bits per heavy atom. The molecule has 0 aliphatic heterocycles. The minimum atomic E-state index is -0.758. The van der Waals surface area contributed by atoms with Gasteiger partial charge in [0.2, 0.25) is 11.8 Å². The van der Waals surface area contributed by atoms with Gasteiger partial charge in [-0.15, -0.1) is 0 Å². The van der Waals surface area contributed by atoms with E-state index in [-0.39, 0.29) is 18.4 Å². The lowest BCUT2D eigenvalue weighted by molar-refractivity contribution is -0.131. The minimum Gasteiger partial charge on any atom is -0.444 e. The van der Waals surface area contributed by atoms with Crippen LogP contribution < -0.4 is 10.6 Å². The van der Waals surface area contributed by atoms with Crippen molar-refractivity contribution in [3.05, 3.63) is 30.5 Å². The standard InChI is InChI=1S/C22H32N4O4/c1-7-25(8-2)19(27)14-26-12-11-16-13-17(9-10-18(16)26)24-20(28)15(3)23-21(29)30-22(4,5)6/h9-13,15H,7-8,14H2,1-6H3,(H,23,29)(H,24,28)/t15-/m1/s1. The first-order valence-corrected chi connectivity index (χ1v) is 10.2. The van der Waals surface area contributed by atoms with E-state index in [2.05, 4.69) is 10.6 Å². The third-order valence-electron chi connectivity index (χ3n) is 4.59. The van der Waals surface area contributed by atoms with Crippen LogP contribution in [0.15, 0.2) is 30.5 Å². The molecule has 0 bridgehead atoms. The monoisotopic (exact) mass is 416 g/mol. The molecule has 8 heteroatoms.